The molecule has 2 unspecified atom stereocenters. The highest BCUT2D eigenvalue weighted by Crippen LogP contribution is 2.24. The van der Waals surface area contributed by atoms with Crippen LogP contribution in [0.25, 0.3) is 0 Å². The van der Waals surface area contributed by atoms with Crippen LogP contribution < -0.4 is 10.6 Å². The highest BCUT2D eigenvalue weighted by molar-refractivity contribution is 5.43. The molecule has 1 aromatic rings. The van der Waals surface area contributed by atoms with Crippen LogP contribution in [0.5, 0.6) is 0 Å². The van der Waals surface area contributed by atoms with Crippen LogP contribution in [0.15, 0.2) is 12.4 Å². The Kier molecular flexibility index (Phi) is 3.36. The topological polar surface area (TPSA) is 64.3 Å². The fourth-order valence-electron chi connectivity index (χ4n) is 2.18. The number of nitrogens with two attached hydrogens (primary N) is 1. The van der Waals surface area contributed by atoms with Crippen LogP contribution in [0, 0.1) is 0 Å². The maximum atomic E-state index is 5.66. The lowest BCUT2D eigenvalue weighted by atomic mass is 10.1. The van der Waals surface area contributed by atoms with Gasteiger partial charge >= 0.3 is 0 Å². The minimum absolute atomic E-state index is 0.234. The summed E-state index contributed by atoms with van der Waals surface area (Å²) in [7, 11) is 2.03. The van der Waals surface area contributed by atoms with E-state index in [2.05, 4.69) is 21.8 Å². The van der Waals surface area contributed by atoms with Crippen molar-refractivity contribution < 1.29 is 4.74 Å². The van der Waals surface area contributed by atoms with Crippen LogP contribution in [0.4, 0.5) is 5.82 Å². The van der Waals surface area contributed by atoms with Crippen LogP contribution in [0.2, 0.25) is 0 Å². The third-order valence-electron chi connectivity index (χ3n) is 3.11. The molecule has 2 atom stereocenters. The van der Waals surface area contributed by atoms with Crippen LogP contribution >= 0.6 is 0 Å². The van der Waals surface area contributed by atoms with E-state index in [4.69, 9.17) is 10.5 Å². The van der Waals surface area contributed by atoms with E-state index in [0.717, 1.165) is 24.5 Å². The first-order valence-electron chi connectivity index (χ1n) is 5.58. The van der Waals surface area contributed by atoms with Crippen molar-refractivity contribution in [2.45, 2.75) is 32.0 Å². The van der Waals surface area contributed by atoms with E-state index in [9.17, 15) is 0 Å². The molecule has 1 aromatic heterocycles. The Bertz CT molecular complexity index is 358. The SMILES string of the molecule is CC1OCCC1N(C)c1nccnc1CN. The van der Waals surface area contributed by atoms with Gasteiger partial charge in [-0.15, -0.1) is 0 Å². The third-order valence-corrected chi connectivity index (χ3v) is 3.11. The minimum Gasteiger partial charge on any atom is -0.376 e. The zero-order chi connectivity index (χ0) is 11.5. The van der Waals surface area contributed by atoms with Gasteiger partial charge in [0.2, 0.25) is 0 Å². The zero-order valence-corrected chi connectivity index (χ0v) is 9.76. The Labute approximate surface area is 95.6 Å². The highest BCUT2D eigenvalue weighted by Gasteiger charge is 2.29. The lowest BCUT2D eigenvalue weighted by Gasteiger charge is -2.28. The first-order chi connectivity index (χ1) is 7.74. The second-order valence-corrected chi connectivity index (χ2v) is 4.07. The Morgan fingerprint density at radius 1 is 1.50 bits per heavy atom. The Morgan fingerprint density at radius 3 is 2.88 bits per heavy atom. The molecule has 88 valence electrons. The standard InChI is InChI=1S/C11H18N4O/c1-8-10(3-6-16-8)15(2)11-9(7-12)13-4-5-14-11/h4-5,8,10H,3,6-7,12H2,1-2H3. The van der Waals surface area contributed by atoms with E-state index in [1.54, 1.807) is 12.4 Å². The summed E-state index contributed by atoms with van der Waals surface area (Å²) in [4.78, 5) is 10.7. The van der Waals surface area contributed by atoms with E-state index >= 15 is 0 Å². The molecule has 16 heavy (non-hydrogen) atoms. The number of hydrogen-bond donors (Lipinski definition) is 1. The van der Waals surface area contributed by atoms with Crippen molar-refractivity contribution in [3.63, 3.8) is 0 Å². The van der Waals surface area contributed by atoms with Gasteiger partial charge in [-0.05, 0) is 13.3 Å². The summed E-state index contributed by atoms with van der Waals surface area (Å²) in [5, 5.41) is 0. The van der Waals surface area contributed by atoms with Crippen molar-refractivity contribution >= 4 is 5.82 Å². The van der Waals surface area contributed by atoms with Crippen molar-refractivity contribution in [1.82, 2.24) is 9.97 Å². The van der Waals surface area contributed by atoms with Gasteiger partial charge in [-0.2, -0.15) is 0 Å². The van der Waals surface area contributed by atoms with E-state index in [1.165, 1.54) is 0 Å². The number of ether oxygens (including phenoxy) is 1. The summed E-state index contributed by atoms with van der Waals surface area (Å²) in [6.45, 7) is 3.32. The quantitative estimate of drug-likeness (QED) is 0.809. The van der Waals surface area contributed by atoms with Crippen LogP contribution in [0.1, 0.15) is 19.0 Å². The average molecular weight is 222 g/mol. The molecule has 1 saturated heterocycles. The number of hydrogen-bond acceptors (Lipinski definition) is 5. The second-order valence-electron chi connectivity index (χ2n) is 4.07. The van der Waals surface area contributed by atoms with Crippen LogP contribution in [-0.2, 0) is 11.3 Å². The molecule has 2 rings (SSSR count). The van der Waals surface area contributed by atoms with Crippen LogP contribution in [-0.4, -0.2) is 35.8 Å². The number of rotatable bonds is 3. The van der Waals surface area contributed by atoms with Gasteiger partial charge < -0.3 is 15.4 Å². The molecule has 1 fully saturated rings. The molecule has 5 heteroatoms. The van der Waals surface area contributed by atoms with Gasteiger partial charge in [0, 0.05) is 32.6 Å². The smallest absolute Gasteiger partial charge is 0.151 e. The monoisotopic (exact) mass is 222 g/mol. The fraction of sp³-hybridized carbons (Fsp3) is 0.636. The lowest BCUT2D eigenvalue weighted by Crippen LogP contribution is -2.38. The van der Waals surface area contributed by atoms with Gasteiger partial charge in [-0.1, -0.05) is 0 Å². The molecule has 1 aliphatic heterocycles. The highest BCUT2D eigenvalue weighted by atomic mass is 16.5. The Hall–Kier alpha value is -1.20. The molecule has 5 nitrogen and oxygen atoms in total. The summed E-state index contributed by atoms with van der Waals surface area (Å²) in [5.74, 6) is 0.868. The van der Waals surface area contributed by atoms with Crippen LogP contribution in [0.3, 0.4) is 0 Å². The van der Waals surface area contributed by atoms with Crippen molar-refractivity contribution in [2.75, 3.05) is 18.6 Å². The molecular weight excluding hydrogens is 204 g/mol. The number of likely N-dealkylation sites (N-methyl/N-ethyl adjacent to an activating group) is 1. The van der Waals surface area contributed by atoms with Gasteiger partial charge in [-0.25, -0.2) is 4.98 Å². The third kappa shape index (κ3) is 2.01. The molecule has 1 aliphatic rings. The van der Waals surface area contributed by atoms with E-state index < -0.39 is 0 Å². The van der Waals surface area contributed by atoms with E-state index in [-0.39, 0.29) is 6.10 Å². The van der Waals surface area contributed by atoms with E-state index in [1.807, 2.05) is 7.05 Å². The summed E-state index contributed by atoms with van der Waals surface area (Å²) >= 11 is 0. The van der Waals surface area contributed by atoms with Gasteiger partial charge in [0.1, 0.15) is 0 Å². The number of nitrogens with zero attached hydrogens (tertiary/aromatic N) is 3. The molecule has 0 spiro atoms. The molecule has 0 radical (unpaired) electrons. The minimum atomic E-state index is 0.234. The van der Waals surface area contributed by atoms with Crippen molar-refractivity contribution in [1.29, 1.82) is 0 Å². The fourth-order valence-corrected chi connectivity index (χ4v) is 2.18. The maximum absolute atomic E-state index is 5.66. The maximum Gasteiger partial charge on any atom is 0.151 e. The van der Waals surface area contributed by atoms with Crippen molar-refractivity contribution in [3.05, 3.63) is 18.1 Å². The lowest BCUT2D eigenvalue weighted by molar-refractivity contribution is 0.118. The summed E-state index contributed by atoms with van der Waals surface area (Å²) in [5.41, 5.74) is 6.50. The molecule has 2 heterocycles. The largest absolute Gasteiger partial charge is 0.376 e. The van der Waals surface area contributed by atoms with Gasteiger partial charge in [-0.3, -0.25) is 4.98 Å². The first kappa shape index (κ1) is 11.3. The molecule has 2 N–H and O–H groups in total. The summed E-state index contributed by atoms with van der Waals surface area (Å²) in [6.07, 6.45) is 4.63. The summed E-state index contributed by atoms with van der Waals surface area (Å²) in [6, 6.07) is 0.363. The van der Waals surface area contributed by atoms with Crippen molar-refractivity contribution in [2.24, 2.45) is 5.73 Å². The first-order valence-corrected chi connectivity index (χ1v) is 5.58. The number of anilines is 1. The number of aromatic nitrogens is 2. The van der Waals surface area contributed by atoms with Gasteiger partial charge in [0.25, 0.3) is 0 Å². The predicted octanol–water partition coefficient (Wildman–Crippen LogP) is 0.549. The summed E-state index contributed by atoms with van der Waals surface area (Å²) < 4.78 is 5.56. The molecule has 0 aromatic carbocycles. The Balaban J connectivity index is 2.22. The average Bonchev–Trinajstić information content (AvgIpc) is 2.74. The molecule has 0 saturated carbocycles. The van der Waals surface area contributed by atoms with Gasteiger partial charge in [0.15, 0.2) is 5.82 Å². The van der Waals surface area contributed by atoms with Crippen molar-refractivity contribution in [3.8, 4) is 0 Å². The molecule has 0 aliphatic carbocycles. The zero-order valence-electron chi connectivity index (χ0n) is 9.76. The normalized spacial score (nSPS) is 24.7. The predicted molar refractivity (Wildman–Crippen MR) is 62.1 cm³/mol. The van der Waals surface area contributed by atoms with Gasteiger partial charge in [0.05, 0.1) is 17.8 Å². The molecule has 0 amide bonds. The Morgan fingerprint density at radius 2 is 2.25 bits per heavy atom. The van der Waals surface area contributed by atoms with E-state index in [0.29, 0.717) is 12.6 Å². The second kappa shape index (κ2) is 4.76. The molecule has 0 bridgehead atoms. The molecular formula is C11H18N4O.